The molecule has 0 unspecified atom stereocenters. The molecule has 118 valence electrons. The van der Waals surface area contributed by atoms with E-state index in [4.69, 9.17) is 9.47 Å². The lowest BCUT2D eigenvalue weighted by atomic mass is 10.3. The Balaban J connectivity index is 1.68. The minimum absolute atomic E-state index is 0.175. The van der Waals surface area contributed by atoms with Gasteiger partial charge in [0.05, 0.1) is 19.8 Å². The third kappa shape index (κ3) is 4.92. The summed E-state index contributed by atoms with van der Waals surface area (Å²) in [4.78, 5) is 0. The molecule has 1 fully saturated rings. The zero-order valence-electron chi connectivity index (χ0n) is 11.6. The molecule has 6 nitrogen and oxygen atoms in total. The van der Waals surface area contributed by atoms with Gasteiger partial charge in [0.2, 0.25) is 0 Å². The molecular weight excluding hydrogens is 299 g/mol. The molecule has 0 aromatic heterocycles. The van der Waals surface area contributed by atoms with Crippen molar-refractivity contribution in [2.45, 2.75) is 6.42 Å². The van der Waals surface area contributed by atoms with Gasteiger partial charge < -0.3 is 9.47 Å². The first-order chi connectivity index (χ1) is 10.1. The Morgan fingerprint density at radius 2 is 2.00 bits per heavy atom. The highest BCUT2D eigenvalue weighted by atomic mass is 32.2. The molecule has 0 spiro atoms. The molecule has 0 amide bonds. The molecule has 2 rings (SSSR count). The van der Waals surface area contributed by atoms with Gasteiger partial charge in [0.25, 0.3) is 10.2 Å². The summed E-state index contributed by atoms with van der Waals surface area (Å²) in [5, 5.41) is 0. The Labute approximate surface area is 124 Å². The lowest BCUT2D eigenvalue weighted by Gasteiger charge is -2.26. The van der Waals surface area contributed by atoms with Crippen LogP contribution in [0.4, 0.5) is 4.39 Å². The number of nitrogens with one attached hydrogen (secondary N) is 1. The number of hydrogen-bond acceptors (Lipinski definition) is 4. The van der Waals surface area contributed by atoms with E-state index in [-0.39, 0.29) is 18.9 Å². The fourth-order valence-electron chi connectivity index (χ4n) is 1.90. The largest absolute Gasteiger partial charge is 0.490 e. The highest BCUT2D eigenvalue weighted by Crippen LogP contribution is 2.15. The smallest absolute Gasteiger partial charge is 0.279 e. The fourth-order valence-corrected chi connectivity index (χ4v) is 3.11. The van der Waals surface area contributed by atoms with Crippen LogP contribution in [-0.4, -0.2) is 52.2 Å². The average Bonchev–Trinajstić information content (AvgIpc) is 2.49. The molecule has 1 aliphatic heterocycles. The molecule has 1 aliphatic rings. The van der Waals surface area contributed by atoms with Crippen LogP contribution in [0.25, 0.3) is 0 Å². The zero-order valence-corrected chi connectivity index (χ0v) is 12.4. The van der Waals surface area contributed by atoms with Gasteiger partial charge in [-0.05, 0) is 18.6 Å². The monoisotopic (exact) mass is 318 g/mol. The Morgan fingerprint density at radius 3 is 2.71 bits per heavy atom. The number of para-hydroxylation sites is 1. The summed E-state index contributed by atoms with van der Waals surface area (Å²) in [7, 11) is -3.46. The number of hydrogen-bond donors (Lipinski definition) is 1. The Morgan fingerprint density at radius 1 is 1.29 bits per heavy atom. The van der Waals surface area contributed by atoms with Gasteiger partial charge in [0.15, 0.2) is 11.6 Å². The fraction of sp³-hybridized carbons (Fsp3) is 0.538. The van der Waals surface area contributed by atoms with E-state index in [1.54, 1.807) is 12.1 Å². The summed E-state index contributed by atoms with van der Waals surface area (Å²) in [6, 6.07) is 6.11. The van der Waals surface area contributed by atoms with Crippen LogP contribution in [0.3, 0.4) is 0 Å². The van der Waals surface area contributed by atoms with E-state index in [1.807, 2.05) is 0 Å². The van der Waals surface area contributed by atoms with Crippen molar-refractivity contribution in [1.29, 1.82) is 0 Å². The topological polar surface area (TPSA) is 67.9 Å². The SMILES string of the molecule is O=S(=O)(NCCCOc1ccccc1F)N1CCOCC1. The van der Waals surface area contributed by atoms with Gasteiger partial charge in [-0.3, -0.25) is 0 Å². The van der Waals surface area contributed by atoms with E-state index in [2.05, 4.69) is 4.72 Å². The van der Waals surface area contributed by atoms with E-state index in [9.17, 15) is 12.8 Å². The molecule has 21 heavy (non-hydrogen) atoms. The first-order valence-corrected chi connectivity index (χ1v) is 8.23. The second-order valence-corrected chi connectivity index (χ2v) is 6.30. The van der Waals surface area contributed by atoms with Crippen molar-refractivity contribution < 1.29 is 22.3 Å². The van der Waals surface area contributed by atoms with Crippen molar-refractivity contribution >= 4 is 10.2 Å². The number of ether oxygens (including phenoxy) is 2. The second-order valence-electron chi connectivity index (χ2n) is 4.54. The molecule has 1 aromatic carbocycles. The summed E-state index contributed by atoms with van der Waals surface area (Å²) in [6.45, 7) is 2.04. The van der Waals surface area contributed by atoms with Crippen molar-refractivity contribution in [3.63, 3.8) is 0 Å². The van der Waals surface area contributed by atoms with Crippen molar-refractivity contribution in [2.24, 2.45) is 0 Å². The van der Waals surface area contributed by atoms with E-state index in [1.165, 1.54) is 16.4 Å². The Kier molecular flexibility index (Phi) is 5.92. The van der Waals surface area contributed by atoms with Gasteiger partial charge in [0, 0.05) is 19.6 Å². The molecule has 0 aliphatic carbocycles. The van der Waals surface area contributed by atoms with Crippen LogP contribution in [0.1, 0.15) is 6.42 Å². The van der Waals surface area contributed by atoms with Crippen molar-refractivity contribution in [3.05, 3.63) is 30.1 Å². The van der Waals surface area contributed by atoms with E-state index >= 15 is 0 Å². The quantitative estimate of drug-likeness (QED) is 0.754. The molecule has 0 atom stereocenters. The Bertz CT molecular complexity index is 547. The summed E-state index contributed by atoms with van der Waals surface area (Å²) < 4.78 is 51.4. The second kappa shape index (κ2) is 7.69. The van der Waals surface area contributed by atoms with Crippen LogP contribution in [-0.2, 0) is 14.9 Å². The normalized spacial score (nSPS) is 16.8. The van der Waals surface area contributed by atoms with Crippen molar-refractivity contribution in [1.82, 2.24) is 9.03 Å². The first-order valence-electron chi connectivity index (χ1n) is 6.79. The van der Waals surface area contributed by atoms with Gasteiger partial charge in [-0.1, -0.05) is 12.1 Å². The standard InChI is InChI=1S/C13H19FN2O4S/c14-12-4-1-2-5-13(12)20-9-3-6-15-21(17,18)16-7-10-19-11-8-16/h1-2,4-5,15H,3,6-11H2. The van der Waals surface area contributed by atoms with Crippen LogP contribution < -0.4 is 9.46 Å². The molecule has 0 saturated carbocycles. The van der Waals surface area contributed by atoms with Gasteiger partial charge in [-0.2, -0.15) is 12.7 Å². The number of morpholine rings is 1. The first kappa shape index (κ1) is 16.2. The van der Waals surface area contributed by atoms with Crippen LogP contribution in [0.2, 0.25) is 0 Å². The molecular formula is C13H19FN2O4S. The van der Waals surface area contributed by atoms with Crippen molar-refractivity contribution in [2.75, 3.05) is 39.5 Å². The summed E-state index contributed by atoms with van der Waals surface area (Å²) in [6.07, 6.45) is 0.456. The molecule has 1 aromatic rings. The van der Waals surface area contributed by atoms with E-state index in [0.717, 1.165) is 0 Å². The van der Waals surface area contributed by atoms with Gasteiger partial charge >= 0.3 is 0 Å². The molecule has 1 saturated heterocycles. The Hall–Kier alpha value is -1.22. The highest BCUT2D eigenvalue weighted by Gasteiger charge is 2.23. The van der Waals surface area contributed by atoms with Crippen LogP contribution in [0.5, 0.6) is 5.75 Å². The molecule has 0 radical (unpaired) electrons. The highest BCUT2D eigenvalue weighted by molar-refractivity contribution is 7.87. The molecule has 1 N–H and O–H groups in total. The van der Waals surface area contributed by atoms with Gasteiger partial charge in [0.1, 0.15) is 0 Å². The predicted molar refractivity (Wildman–Crippen MR) is 75.8 cm³/mol. The minimum Gasteiger partial charge on any atom is -0.490 e. The maximum Gasteiger partial charge on any atom is 0.279 e. The van der Waals surface area contributed by atoms with E-state index in [0.29, 0.717) is 32.7 Å². The van der Waals surface area contributed by atoms with Crippen LogP contribution in [0.15, 0.2) is 24.3 Å². The molecule has 8 heteroatoms. The summed E-state index contributed by atoms with van der Waals surface area (Å²) >= 11 is 0. The van der Waals surface area contributed by atoms with Crippen molar-refractivity contribution in [3.8, 4) is 5.75 Å². The summed E-state index contributed by atoms with van der Waals surface area (Å²) in [5.74, 6) is -0.250. The number of rotatable bonds is 7. The number of halogens is 1. The third-order valence-electron chi connectivity index (χ3n) is 3.01. The molecule has 0 bridgehead atoms. The minimum atomic E-state index is -3.46. The lowest BCUT2D eigenvalue weighted by molar-refractivity contribution is 0.0725. The number of nitrogens with zero attached hydrogens (tertiary/aromatic N) is 1. The predicted octanol–water partition coefficient (Wildman–Crippen LogP) is 0.761. The maximum atomic E-state index is 13.3. The van der Waals surface area contributed by atoms with Crippen LogP contribution in [0, 0.1) is 5.82 Å². The molecule has 1 heterocycles. The maximum absolute atomic E-state index is 13.3. The van der Waals surface area contributed by atoms with Crippen LogP contribution >= 0.6 is 0 Å². The summed E-state index contributed by atoms with van der Waals surface area (Å²) in [5.41, 5.74) is 0. The zero-order chi connectivity index (χ0) is 15.1. The average molecular weight is 318 g/mol. The van der Waals surface area contributed by atoms with E-state index < -0.39 is 16.0 Å². The van der Waals surface area contributed by atoms with Gasteiger partial charge in [-0.25, -0.2) is 9.11 Å². The third-order valence-corrected chi connectivity index (χ3v) is 4.62. The van der Waals surface area contributed by atoms with Gasteiger partial charge in [-0.15, -0.1) is 0 Å². The number of benzene rings is 1. The lowest BCUT2D eigenvalue weighted by Crippen LogP contribution is -2.46.